The van der Waals surface area contributed by atoms with Gasteiger partial charge in [-0.05, 0) is 18.2 Å². The number of benzene rings is 1. The first-order valence-corrected chi connectivity index (χ1v) is 14.2. The van der Waals surface area contributed by atoms with Gasteiger partial charge < -0.3 is 20.5 Å². The van der Waals surface area contributed by atoms with Crippen LogP contribution in [0.4, 0.5) is 0 Å². The number of aromatic amines is 1. The number of H-pyrrole nitrogens is 1. The number of phosphoric ester groups is 2. The van der Waals surface area contributed by atoms with Crippen molar-refractivity contribution in [3.05, 3.63) is 48.8 Å². The van der Waals surface area contributed by atoms with E-state index in [1.54, 1.807) is 0 Å². The molecule has 0 spiro atoms. The zero-order chi connectivity index (χ0) is 27.0. The van der Waals surface area contributed by atoms with Gasteiger partial charge in [0.2, 0.25) is 5.52 Å². The second-order valence-corrected chi connectivity index (χ2v) is 12.3. The second-order valence-electron chi connectivity index (χ2n) is 8.96. The monoisotopic (exact) mass is 586 g/mol. The van der Waals surface area contributed by atoms with Gasteiger partial charge in [0.25, 0.3) is 0 Å². The molecule has 6 saturated heterocycles. The van der Waals surface area contributed by atoms with Crippen molar-refractivity contribution in [2.75, 3.05) is 39.6 Å². The molecule has 0 aliphatic carbocycles. The van der Waals surface area contributed by atoms with Gasteiger partial charge >= 0.3 is 21.6 Å². The molecule has 39 heavy (non-hydrogen) atoms. The highest BCUT2D eigenvalue weighted by Crippen LogP contribution is 2.60. The number of aromatic nitrogens is 2. The third kappa shape index (κ3) is 5.73. The molecule has 15 nitrogen and oxygen atoms in total. The quantitative estimate of drug-likeness (QED) is 0.320. The Kier molecular flexibility index (Phi) is 8.20. The van der Waals surface area contributed by atoms with E-state index in [0.717, 1.165) is 11.0 Å². The molecule has 3 aromatic rings. The lowest BCUT2D eigenvalue weighted by Crippen LogP contribution is -2.55. The number of carboxylic acids is 2. The lowest BCUT2D eigenvalue weighted by atomic mass is 9.92. The molecule has 0 unspecified atom stereocenters. The third-order valence-electron chi connectivity index (χ3n) is 6.29. The zero-order valence-corrected chi connectivity index (χ0v) is 21.9. The number of hydrogen-bond acceptors (Lipinski definition) is 12. The molecular formula is C22H24N2O13P2. The number of carbonyl (C=O) groups excluding carboxylic acids is 1. The van der Waals surface area contributed by atoms with Crippen molar-refractivity contribution in [2.45, 2.75) is 0 Å². The third-order valence-corrected chi connectivity index (χ3v) is 8.96. The molecule has 4 bridgehead atoms. The number of nitrogens with zero attached hydrogens (tertiary/aromatic N) is 1. The number of nitrogens with one attached hydrogen (secondary N) is 1. The standard InChI is InChI=1S/C12H8N2.2C5H7O6P.H2O/c1-3-9-5-6-10-4-2-8-14-12(10)11(9)13-7-1;2*6-4(7)5-1-9-12(8,10-2-5)11-3-5;/h1-8H;2*1-3H2,(H,6,7);1H2. The van der Waals surface area contributed by atoms with E-state index in [1.807, 2.05) is 24.5 Å². The minimum atomic E-state index is -3.40. The van der Waals surface area contributed by atoms with Gasteiger partial charge in [-0.15, -0.1) is 0 Å². The molecule has 9 rings (SSSR count). The van der Waals surface area contributed by atoms with Crippen LogP contribution in [-0.4, -0.2) is 67.1 Å². The summed E-state index contributed by atoms with van der Waals surface area (Å²) in [5, 5.41) is 21.7. The van der Waals surface area contributed by atoms with E-state index in [0.29, 0.717) is 0 Å². The van der Waals surface area contributed by atoms with Gasteiger partial charge in [-0.25, -0.2) is 19.1 Å². The van der Waals surface area contributed by atoms with E-state index >= 15 is 0 Å². The Hall–Kier alpha value is -2.84. The molecule has 0 saturated carbocycles. The first kappa shape index (κ1) is 29.2. The Morgan fingerprint density at radius 1 is 0.821 bits per heavy atom. The number of phosphoric acid groups is 2. The molecule has 8 heterocycles. The normalized spacial score (nSPS) is 32.2. The zero-order valence-electron chi connectivity index (χ0n) is 20.1. The highest BCUT2D eigenvalue weighted by molar-refractivity contribution is 7.48. The van der Waals surface area contributed by atoms with Gasteiger partial charge in [0, 0.05) is 23.0 Å². The fourth-order valence-electron chi connectivity index (χ4n) is 3.79. The van der Waals surface area contributed by atoms with E-state index < -0.39 is 38.4 Å². The van der Waals surface area contributed by atoms with Gasteiger partial charge in [-0.3, -0.25) is 31.9 Å². The van der Waals surface area contributed by atoms with E-state index in [4.69, 9.17) is 5.11 Å². The summed E-state index contributed by atoms with van der Waals surface area (Å²) in [5.74, 6) is -2.35. The highest BCUT2D eigenvalue weighted by atomic mass is 31.2. The van der Waals surface area contributed by atoms with Gasteiger partial charge in [-0.1, -0.05) is 12.1 Å². The molecule has 6 aliphatic heterocycles. The van der Waals surface area contributed by atoms with Crippen LogP contribution in [0.1, 0.15) is 0 Å². The SMILES string of the molecule is O.O=C(O)C12COP(=O)(OC1)OC2.O=C([O-])C12COP(=O)(OC1)OC2.c1cnc2c(c1)ccc1ccc[nH+]c12. The van der Waals surface area contributed by atoms with Crippen LogP contribution in [0, 0.1) is 10.8 Å². The molecule has 0 radical (unpaired) electrons. The van der Waals surface area contributed by atoms with Gasteiger partial charge in [0.05, 0.1) is 51.0 Å². The molecule has 6 fully saturated rings. The lowest BCUT2D eigenvalue weighted by Gasteiger charge is -2.44. The minimum absolute atomic E-state index is 0. The summed E-state index contributed by atoms with van der Waals surface area (Å²) < 4.78 is 50.1. The van der Waals surface area contributed by atoms with Crippen molar-refractivity contribution < 1.29 is 66.5 Å². The summed E-state index contributed by atoms with van der Waals surface area (Å²) >= 11 is 0. The van der Waals surface area contributed by atoms with Gasteiger partial charge in [-0.2, -0.15) is 0 Å². The van der Waals surface area contributed by atoms with Crippen LogP contribution in [-0.2, 0) is 45.9 Å². The maximum atomic E-state index is 11.1. The molecular weight excluding hydrogens is 562 g/mol. The van der Waals surface area contributed by atoms with Crippen molar-refractivity contribution in [1.82, 2.24) is 4.98 Å². The number of carboxylic acid groups (broad SMARTS) is 2. The maximum Gasteiger partial charge on any atom is 0.474 e. The maximum absolute atomic E-state index is 11.1. The Bertz CT molecular complexity index is 1330. The number of hydrogen-bond donors (Lipinski definition) is 1. The van der Waals surface area contributed by atoms with Gasteiger partial charge in [0.15, 0.2) is 6.20 Å². The van der Waals surface area contributed by atoms with Crippen molar-refractivity contribution in [3.63, 3.8) is 0 Å². The summed E-state index contributed by atoms with van der Waals surface area (Å²) in [4.78, 5) is 28.9. The van der Waals surface area contributed by atoms with Crippen molar-refractivity contribution in [3.8, 4) is 0 Å². The van der Waals surface area contributed by atoms with Crippen molar-refractivity contribution >= 4 is 49.4 Å². The topological polar surface area (TPSA) is 225 Å². The smallest absolute Gasteiger partial charge is 0.474 e. The Labute approximate surface area is 220 Å². The largest absolute Gasteiger partial charge is 0.549 e. The summed E-state index contributed by atoms with van der Waals surface area (Å²) in [6.07, 6.45) is 3.75. The average Bonchev–Trinajstić information content (AvgIpc) is 2.95. The summed E-state index contributed by atoms with van der Waals surface area (Å²) in [5.41, 5.74) is -0.297. The summed E-state index contributed by atoms with van der Waals surface area (Å²) in [6.45, 7) is -0.773. The summed E-state index contributed by atoms with van der Waals surface area (Å²) in [7, 11) is -6.78. The Balaban J connectivity index is 0.000000135. The van der Waals surface area contributed by atoms with Crippen LogP contribution in [0.5, 0.6) is 0 Å². The average molecular weight is 586 g/mol. The number of aliphatic carboxylic acids is 2. The van der Waals surface area contributed by atoms with E-state index in [9.17, 15) is 23.8 Å². The fraction of sp³-hybridized carbons (Fsp3) is 0.364. The number of pyridine rings is 2. The number of carbonyl (C=O) groups is 2. The molecule has 0 amide bonds. The van der Waals surface area contributed by atoms with Crippen LogP contribution in [0.3, 0.4) is 0 Å². The number of rotatable bonds is 2. The Morgan fingerprint density at radius 2 is 1.31 bits per heavy atom. The molecule has 2 aromatic heterocycles. The van der Waals surface area contributed by atoms with Crippen molar-refractivity contribution in [1.29, 1.82) is 0 Å². The molecule has 1 aromatic carbocycles. The van der Waals surface area contributed by atoms with Crippen LogP contribution in [0.15, 0.2) is 48.8 Å². The predicted octanol–water partition coefficient (Wildman–Crippen LogP) is 0.528. The molecule has 17 heteroatoms. The fourth-order valence-corrected chi connectivity index (χ4v) is 6.66. The summed E-state index contributed by atoms with van der Waals surface area (Å²) in [6, 6.07) is 12.3. The first-order valence-electron chi connectivity index (χ1n) is 11.2. The van der Waals surface area contributed by atoms with Crippen LogP contribution in [0.25, 0.3) is 21.8 Å². The van der Waals surface area contributed by atoms with Gasteiger partial charge in [0.1, 0.15) is 10.9 Å². The Morgan fingerprint density at radius 3 is 1.82 bits per heavy atom. The first-order chi connectivity index (χ1) is 18.1. The van der Waals surface area contributed by atoms with Crippen molar-refractivity contribution in [2.24, 2.45) is 10.8 Å². The molecule has 0 atom stereocenters. The lowest BCUT2D eigenvalue weighted by molar-refractivity contribution is -0.343. The molecule has 4 N–H and O–H groups in total. The van der Waals surface area contributed by atoms with E-state index in [-0.39, 0.29) is 45.1 Å². The van der Waals surface area contributed by atoms with E-state index in [2.05, 4.69) is 61.4 Å². The van der Waals surface area contributed by atoms with Crippen LogP contribution >= 0.6 is 15.6 Å². The second kappa shape index (κ2) is 11.0. The predicted molar refractivity (Wildman–Crippen MR) is 128 cm³/mol. The van der Waals surface area contributed by atoms with E-state index in [1.165, 1.54) is 10.8 Å². The molecule has 210 valence electrons. The minimum Gasteiger partial charge on any atom is -0.549 e. The molecule has 6 aliphatic rings. The van der Waals surface area contributed by atoms with Crippen LogP contribution in [0.2, 0.25) is 0 Å². The highest BCUT2D eigenvalue weighted by Gasteiger charge is 2.55. The number of fused-ring (bicyclic) bond motifs is 9. The van der Waals surface area contributed by atoms with Crippen LogP contribution < -0.4 is 10.1 Å².